The molecule has 1 saturated heterocycles. The molecule has 1 aromatic heterocycles. The molecule has 3 rings (SSSR count). The van der Waals surface area contributed by atoms with Crippen molar-refractivity contribution in [1.82, 2.24) is 14.9 Å². The predicted octanol–water partition coefficient (Wildman–Crippen LogP) is 0.558. The van der Waals surface area contributed by atoms with Crippen LogP contribution in [0.2, 0.25) is 0 Å². The van der Waals surface area contributed by atoms with Gasteiger partial charge in [-0.25, -0.2) is 9.78 Å². The number of amides is 1. The summed E-state index contributed by atoms with van der Waals surface area (Å²) in [6, 6.07) is 6.13. The third kappa shape index (κ3) is 3.85. The minimum Gasteiger partial charge on any atom is -0.480 e. The van der Waals surface area contributed by atoms with Gasteiger partial charge in [-0.05, 0) is 18.6 Å². The van der Waals surface area contributed by atoms with Gasteiger partial charge in [0.25, 0.3) is 5.56 Å². The fourth-order valence-electron chi connectivity index (χ4n) is 2.91. The van der Waals surface area contributed by atoms with E-state index < -0.39 is 12.0 Å². The van der Waals surface area contributed by atoms with Gasteiger partial charge in [-0.3, -0.25) is 9.59 Å². The lowest BCUT2D eigenvalue weighted by Gasteiger charge is -2.32. The van der Waals surface area contributed by atoms with Crippen LogP contribution in [-0.4, -0.2) is 57.7 Å². The zero-order valence-corrected chi connectivity index (χ0v) is 13.6. The Kier molecular flexibility index (Phi) is 5.08. The van der Waals surface area contributed by atoms with Gasteiger partial charge in [0, 0.05) is 19.4 Å². The molecule has 2 N–H and O–H groups in total. The lowest BCUT2D eigenvalue weighted by molar-refractivity contribution is -0.158. The number of carboxylic acid groups (broad SMARTS) is 1. The summed E-state index contributed by atoms with van der Waals surface area (Å²) >= 11 is 0. The highest BCUT2D eigenvalue weighted by Gasteiger charge is 2.32. The number of aromatic amines is 1. The van der Waals surface area contributed by atoms with Crippen LogP contribution in [0, 0.1) is 0 Å². The number of hydrogen-bond donors (Lipinski definition) is 2. The second kappa shape index (κ2) is 7.43. The quantitative estimate of drug-likeness (QED) is 0.819. The smallest absolute Gasteiger partial charge is 0.328 e. The highest BCUT2D eigenvalue weighted by Crippen LogP contribution is 2.12. The fourth-order valence-corrected chi connectivity index (χ4v) is 2.91. The van der Waals surface area contributed by atoms with E-state index >= 15 is 0 Å². The van der Waals surface area contributed by atoms with Crippen LogP contribution in [0.4, 0.5) is 0 Å². The number of carbonyl (C=O) groups excluding carboxylic acids is 1. The molecule has 1 aliphatic rings. The SMILES string of the molecule is O=C(O)C1COCCN1C(=O)CCCc1nc2ccccc2c(=O)[nH]1. The monoisotopic (exact) mass is 345 g/mol. The van der Waals surface area contributed by atoms with E-state index in [-0.39, 0.29) is 31.0 Å². The zero-order valence-electron chi connectivity index (χ0n) is 13.6. The molecule has 1 amide bonds. The molecule has 2 aromatic rings. The number of aromatic nitrogens is 2. The number of carboxylic acids is 1. The van der Waals surface area contributed by atoms with Crippen molar-refractivity contribution in [2.45, 2.75) is 25.3 Å². The molecule has 0 bridgehead atoms. The molecular weight excluding hydrogens is 326 g/mol. The molecule has 1 fully saturated rings. The molecule has 8 heteroatoms. The number of para-hydroxylation sites is 1. The van der Waals surface area contributed by atoms with Crippen molar-refractivity contribution in [3.63, 3.8) is 0 Å². The summed E-state index contributed by atoms with van der Waals surface area (Å²) in [5.74, 6) is -0.763. The summed E-state index contributed by atoms with van der Waals surface area (Å²) in [7, 11) is 0. The van der Waals surface area contributed by atoms with Crippen LogP contribution in [0.1, 0.15) is 18.7 Å². The normalized spacial score (nSPS) is 17.6. The van der Waals surface area contributed by atoms with E-state index in [4.69, 9.17) is 9.84 Å². The van der Waals surface area contributed by atoms with Gasteiger partial charge in [0.05, 0.1) is 24.1 Å². The maximum absolute atomic E-state index is 12.3. The van der Waals surface area contributed by atoms with Crippen molar-refractivity contribution >= 4 is 22.8 Å². The summed E-state index contributed by atoms with van der Waals surface area (Å²) < 4.78 is 5.13. The Hall–Kier alpha value is -2.74. The Balaban J connectivity index is 1.61. The number of H-pyrrole nitrogens is 1. The van der Waals surface area contributed by atoms with E-state index in [2.05, 4.69) is 9.97 Å². The highest BCUT2D eigenvalue weighted by atomic mass is 16.5. The van der Waals surface area contributed by atoms with Crippen LogP contribution < -0.4 is 5.56 Å². The van der Waals surface area contributed by atoms with Crippen molar-refractivity contribution in [2.75, 3.05) is 19.8 Å². The summed E-state index contributed by atoms with van der Waals surface area (Å²) in [5.41, 5.74) is 0.415. The summed E-state index contributed by atoms with van der Waals surface area (Å²) in [5, 5.41) is 9.70. The van der Waals surface area contributed by atoms with E-state index in [0.29, 0.717) is 36.2 Å². The molecular formula is C17H19N3O5. The summed E-state index contributed by atoms with van der Waals surface area (Å²) in [6.07, 6.45) is 1.11. The number of ether oxygens (including phenoxy) is 1. The third-order valence-corrected chi connectivity index (χ3v) is 4.20. The molecule has 25 heavy (non-hydrogen) atoms. The van der Waals surface area contributed by atoms with Crippen molar-refractivity contribution < 1.29 is 19.4 Å². The first-order valence-corrected chi connectivity index (χ1v) is 8.14. The molecule has 132 valence electrons. The highest BCUT2D eigenvalue weighted by molar-refractivity contribution is 5.84. The Morgan fingerprint density at radius 2 is 2.16 bits per heavy atom. The molecule has 1 atom stereocenters. The minimum atomic E-state index is -1.06. The lowest BCUT2D eigenvalue weighted by Crippen LogP contribution is -2.52. The molecule has 0 radical (unpaired) electrons. The molecule has 1 unspecified atom stereocenters. The number of aliphatic carboxylic acids is 1. The second-order valence-corrected chi connectivity index (χ2v) is 5.90. The number of rotatable bonds is 5. The topological polar surface area (TPSA) is 113 Å². The molecule has 1 aliphatic heterocycles. The van der Waals surface area contributed by atoms with Crippen LogP contribution in [0.3, 0.4) is 0 Å². The number of nitrogens with zero attached hydrogens (tertiary/aromatic N) is 2. The molecule has 0 saturated carbocycles. The molecule has 0 spiro atoms. The van der Waals surface area contributed by atoms with Gasteiger partial charge in [0.2, 0.25) is 5.91 Å². The van der Waals surface area contributed by atoms with E-state index in [1.165, 1.54) is 4.90 Å². The van der Waals surface area contributed by atoms with E-state index in [9.17, 15) is 14.4 Å². The van der Waals surface area contributed by atoms with Crippen LogP contribution in [0.15, 0.2) is 29.1 Å². The maximum atomic E-state index is 12.3. The first-order chi connectivity index (χ1) is 12.1. The van der Waals surface area contributed by atoms with Gasteiger partial charge in [-0.15, -0.1) is 0 Å². The second-order valence-electron chi connectivity index (χ2n) is 5.90. The predicted molar refractivity (Wildman–Crippen MR) is 89.3 cm³/mol. The third-order valence-electron chi connectivity index (χ3n) is 4.20. The number of fused-ring (bicyclic) bond motifs is 1. The number of hydrogen-bond acceptors (Lipinski definition) is 5. The Bertz CT molecular complexity index is 848. The van der Waals surface area contributed by atoms with E-state index in [1.54, 1.807) is 18.2 Å². The Labute approximate surface area is 143 Å². The van der Waals surface area contributed by atoms with Crippen LogP contribution in [-0.2, 0) is 20.7 Å². The number of benzene rings is 1. The van der Waals surface area contributed by atoms with Crippen LogP contribution in [0.5, 0.6) is 0 Å². The minimum absolute atomic E-state index is 0.0145. The summed E-state index contributed by atoms with van der Waals surface area (Å²) in [6.45, 7) is 0.635. The van der Waals surface area contributed by atoms with Gasteiger partial charge < -0.3 is 19.7 Å². The van der Waals surface area contributed by atoms with Gasteiger partial charge in [0.15, 0.2) is 6.04 Å². The Morgan fingerprint density at radius 1 is 1.36 bits per heavy atom. The Morgan fingerprint density at radius 3 is 2.96 bits per heavy atom. The zero-order chi connectivity index (χ0) is 17.8. The molecule has 1 aromatic carbocycles. The average Bonchev–Trinajstić information content (AvgIpc) is 2.61. The molecule has 8 nitrogen and oxygen atoms in total. The number of carbonyl (C=O) groups is 2. The van der Waals surface area contributed by atoms with Gasteiger partial charge in [0.1, 0.15) is 5.82 Å². The largest absolute Gasteiger partial charge is 0.480 e. The molecule has 2 heterocycles. The molecule has 0 aliphatic carbocycles. The van der Waals surface area contributed by atoms with Crippen molar-refractivity contribution in [3.8, 4) is 0 Å². The van der Waals surface area contributed by atoms with E-state index in [0.717, 1.165) is 0 Å². The maximum Gasteiger partial charge on any atom is 0.328 e. The first-order valence-electron chi connectivity index (χ1n) is 8.14. The van der Waals surface area contributed by atoms with Gasteiger partial charge in [-0.1, -0.05) is 12.1 Å². The number of nitrogens with one attached hydrogen (secondary N) is 1. The fraction of sp³-hybridized carbons (Fsp3) is 0.412. The van der Waals surface area contributed by atoms with E-state index in [1.807, 2.05) is 6.07 Å². The first kappa shape index (κ1) is 17.1. The van der Waals surface area contributed by atoms with Crippen molar-refractivity contribution in [1.29, 1.82) is 0 Å². The van der Waals surface area contributed by atoms with Crippen molar-refractivity contribution in [3.05, 3.63) is 40.4 Å². The van der Waals surface area contributed by atoms with Crippen LogP contribution >= 0.6 is 0 Å². The average molecular weight is 345 g/mol. The standard InChI is InChI=1S/C17H19N3O5/c21-15(20-8-9-25-10-13(20)17(23)24)7-3-6-14-18-12-5-2-1-4-11(12)16(22)19-14/h1-2,4-5,13H,3,6-10H2,(H,23,24)(H,18,19,22). The van der Waals surface area contributed by atoms with Gasteiger partial charge >= 0.3 is 5.97 Å². The number of morpholine rings is 1. The summed E-state index contributed by atoms with van der Waals surface area (Å²) in [4.78, 5) is 44.0. The number of aryl methyl sites for hydroxylation is 1. The van der Waals surface area contributed by atoms with Crippen molar-refractivity contribution in [2.24, 2.45) is 0 Å². The van der Waals surface area contributed by atoms with Gasteiger partial charge in [-0.2, -0.15) is 0 Å². The van der Waals surface area contributed by atoms with Crippen LogP contribution in [0.25, 0.3) is 10.9 Å². The lowest BCUT2D eigenvalue weighted by atomic mass is 10.1.